The summed E-state index contributed by atoms with van der Waals surface area (Å²) >= 11 is 1.31. The lowest BCUT2D eigenvalue weighted by atomic mass is 10.2. The van der Waals surface area contributed by atoms with E-state index in [9.17, 15) is 4.79 Å². The molecule has 0 saturated heterocycles. The molecule has 1 amide bonds. The van der Waals surface area contributed by atoms with Gasteiger partial charge >= 0.3 is 0 Å². The number of nitrogens with two attached hydrogens (primary N) is 3. The van der Waals surface area contributed by atoms with Gasteiger partial charge in [0.15, 0.2) is 5.84 Å². The number of rotatable bonds is 9. The fourth-order valence-electron chi connectivity index (χ4n) is 2.03. The summed E-state index contributed by atoms with van der Waals surface area (Å²) in [6.07, 6.45) is 0. The molecule has 7 N–H and O–H groups in total. The van der Waals surface area contributed by atoms with Gasteiger partial charge in [0.05, 0.1) is 20.2 Å². The minimum atomic E-state index is -0.412. The number of carbonyl (C=O) groups is 1. The van der Waals surface area contributed by atoms with E-state index in [0.29, 0.717) is 12.4 Å². The van der Waals surface area contributed by atoms with Gasteiger partial charge in [-0.1, -0.05) is 24.3 Å². The number of hydrazone groups is 1. The van der Waals surface area contributed by atoms with E-state index in [2.05, 4.69) is 9.82 Å². The second-order valence-electron chi connectivity index (χ2n) is 5.34. The van der Waals surface area contributed by atoms with Crippen molar-refractivity contribution >= 4 is 23.7 Å². The summed E-state index contributed by atoms with van der Waals surface area (Å²) in [5.74, 6) is 6.59. The number of hydrazine groups is 1. The Morgan fingerprint density at radius 2 is 1.81 bits per heavy atom. The van der Waals surface area contributed by atoms with Crippen molar-refractivity contribution in [1.82, 2.24) is 9.84 Å². The highest BCUT2D eigenvalue weighted by Crippen LogP contribution is 2.15. The zero-order chi connectivity index (χ0) is 18.9. The van der Waals surface area contributed by atoms with Gasteiger partial charge < -0.3 is 16.2 Å². The fraction of sp³-hybridized carbons (Fsp3) is 0.176. The zero-order valence-corrected chi connectivity index (χ0v) is 15.2. The zero-order valence-electron chi connectivity index (χ0n) is 14.4. The molecule has 0 bridgehead atoms. The van der Waals surface area contributed by atoms with Crippen LogP contribution in [0.3, 0.4) is 0 Å². The van der Waals surface area contributed by atoms with Crippen LogP contribution in [0.1, 0.15) is 11.1 Å². The molecule has 0 heterocycles. The van der Waals surface area contributed by atoms with Crippen molar-refractivity contribution in [2.24, 2.45) is 22.4 Å². The Labute approximate surface area is 156 Å². The van der Waals surface area contributed by atoms with E-state index in [1.54, 1.807) is 7.11 Å². The maximum Gasteiger partial charge on any atom is 0.232 e. The molecule has 0 saturated carbocycles. The van der Waals surface area contributed by atoms with Crippen molar-refractivity contribution in [3.05, 3.63) is 59.7 Å². The molecule has 2 aromatic carbocycles. The molecule has 138 valence electrons. The van der Waals surface area contributed by atoms with Crippen molar-refractivity contribution in [3.8, 4) is 5.75 Å². The molecule has 26 heavy (non-hydrogen) atoms. The molecule has 0 aliphatic heterocycles. The lowest BCUT2D eigenvalue weighted by Crippen LogP contribution is -2.29. The monoisotopic (exact) mass is 374 g/mol. The molecule has 0 aromatic heterocycles. The molecule has 0 fully saturated rings. The summed E-state index contributed by atoms with van der Waals surface area (Å²) in [6.45, 7) is 0.513. The first kappa shape index (κ1) is 19.6. The summed E-state index contributed by atoms with van der Waals surface area (Å²) in [4.78, 5) is 11.6. The van der Waals surface area contributed by atoms with Gasteiger partial charge in [0.25, 0.3) is 0 Å². The molecule has 2 aromatic rings. The summed E-state index contributed by atoms with van der Waals surface area (Å²) in [5.41, 5.74) is 12.8. The highest BCUT2D eigenvalue weighted by molar-refractivity contribution is 7.97. The predicted octanol–water partition coefficient (Wildman–Crippen LogP) is 0.773. The van der Waals surface area contributed by atoms with Crippen LogP contribution in [0.5, 0.6) is 5.75 Å². The first-order chi connectivity index (χ1) is 12.5. The lowest BCUT2D eigenvalue weighted by molar-refractivity contribution is -0.116. The van der Waals surface area contributed by atoms with Crippen LogP contribution in [0.4, 0.5) is 0 Å². The van der Waals surface area contributed by atoms with Crippen LogP contribution < -0.4 is 26.8 Å². The average Bonchev–Trinajstić information content (AvgIpc) is 2.62. The van der Waals surface area contributed by atoms with Gasteiger partial charge in [-0.25, -0.2) is 11.0 Å². The highest BCUT2D eigenvalue weighted by Gasteiger charge is 2.04. The van der Waals surface area contributed by atoms with Crippen molar-refractivity contribution in [2.75, 3.05) is 13.7 Å². The molecule has 0 unspecified atom stereocenters. The molecule has 9 heteroatoms. The maximum absolute atomic E-state index is 10.7. The highest BCUT2D eigenvalue weighted by atomic mass is 32.2. The van der Waals surface area contributed by atoms with Gasteiger partial charge in [-0.2, -0.15) is 0 Å². The van der Waals surface area contributed by atoms with E-state index in [1.807, 2.05) is 48.5 Å². The Morgan fingerprint density at radius 1 is 1.15 bits per heavy atom. The molecule has 0 radical (unpaired) electrons. The Hall–Kier alpha value is -2.75. The third-order valence-corrected chi connectivity index (χ3v) is 4.12. The standard InChI is InChI=1S/C17H22N6O2S/c1-25-14-6-2-12(3-7-14)11-23(20)22-17(19)13-4-8-15(9-5-13)26-21-10-16(18)24/h2-9,21H,10-11,20H2,1H3,(H2,18,24)(H2,19,22). The number of ether oxygens (including phenoxy) is 1. The van der Waals surface area contributed by atoms with E-state index in [4.69, 9.17) is 22.0 Å². The maximum atomic E-state index is 10.7. The topological polar surface area (TPSA) is 132 Å². The van der Waals surface area contributed by atoms with E-state index >= 15 is 0 Å². The van der Waals surface area contributed by atoms with E-state index < -0.39 is 5.91 Å². The van der Waals surface area contributed by atoms with Crippen LogP contribution in [0.2, 0.25) is 0 Å². The third-order valence-electron chi connectivity index (χ3n) is 3.33. The lowest BCUT2D eigenvalue weighted by Gasteiger charge is -2.14. The summed E-state index contributed by atoms with van der Waals surface area (Å²) < 4.78 is 7.98. The molecule has 2 rings (SSSR count). The third kappa shape index (κ3) is 6.28. The number of benzene rings is 2. The van der Waals surface area contributed by atoms with Crippen molar-refractivity contribution < 1.29 is 9.53 Å². The van der Waals surface area contributed by atoms with Crippen LogP contribution in [-0.2, 0) is 11.3 Å². The minimum Gasteiger partial charge on any atom is -0.497 e. The molecule has 0 aliphatic carbocycles. The fourth-order valence-corrected chi connectivity index (χ4v) is 2.69. The largest absolute Gasteiger partial charge is 0.497 e. The number of nitrogens with one attached hydrogen (secondary N) is 1. The van der Waals surface area contributed by atoms with Crippen LogP contribution in [0.15, 0.2) is 58.5 Å². The van der Waals surface area contributed by atoms with Crippen LogP contribution in [-0.4, -0.2) is 30.5 Å². The van der Waals surface area contributed by atoms with Crippen LogP contribution >= 0.6 is 11.9 Å². The SMILES string of the molecule is COc1ccc(CN(N)/N=C(\N)c2ccc(SNCC(N)=O)cc2)cc1. The number of nitrogens with zero attached hydrogens (tertiary/aromatic N) is 2. The molecule has 8 nitrogen and oxygen atoms in total. The normalized spacial score (nSPS) is 11.2. The number of hydrogen-bond acceptors (Lipinski definition) is 7. The number of amidine groups is 1. The van der Waals surface area contributed by atoms with E-state index in [-0.39, 0.29) is 6.54 Å². The molecular formula is C17H22N6O2S. The van der Waals surface area contributed by atoms with E-state index in [0.717, 1.165) is 21.8 Å². The Morgan fingerprint density at radius 3 is 2.38 bits per heavy atom. The first-order valence-corrected chi connectivity index (χ1v) is 8.57. The minimum absolute atomic E-state index is 0.101. The van der Waals surface area contributed by atoms with Crippen molar-refractivity contribution in [2.45, 2.75) is 11.4 Å². The Bertz CT molecular complexity index is 749. The first-order valence-electron chi connectivity index (χ1n) is 7.75. The summed E-state index contributed by atoms with van der Waals surface area (Å²) in [5, 5.41) is 5.48. The number of hydrogen-bond donors (Lipinski definition) is 4. The molecule has 0 atom stereocenters. The number of amides is 1. The summed E-state index contributed by atoms with van der Waals surface area (Å²) in [6, 6.07) is 14.9. The van der Waals surface area contributed by atoms with Gasteiger partial charge in [0.2, 0.25) is 5.91 Å². The van der Waals surface area contributed by atoms with E-state index in [1.165, 1.54) is 17.1 Å². The quantitative estimate of drug-likeness (QED) is 0.168. The second-order valence-corrected chi connectivity index (χ2v) is 6.31. The van der Waals surface area contributed by atoms with Crippen LogP contribution in [0.25, 0.3) is 0 Å². The van der Waals surface area contributed by atoms with Gasteiger partial charge in [0, 0.05) is 10.5 Å². The predicted molar refractivity (Wildman–Crippen MR) is 103 cm³/mol. The van der Waals surface area contributed by atoms with Crippen molar-refractivity contribution in [3.63, 3.8) is 0 Å². The Balaban J connectivity index is 1.93. The average molecular weight is 374 g/mol. The smallest absolute Gasteiger partial charge is 0.232 e. The summed E-state index contributed by atoms with van der Waals surface area (Å²) in [7, 11) is 1.62. The van der Waals surface area contributed by atoms with Gasteiger partial charge in [-0.15, -0.1) is 5.10 Å². The van der Waals surface area contributed by atoms with Gasteiger partial charge in [-0.3, -0.25) is 9.52 Å². The van der Waals surface area contributed by atoms with Crippen molar-refractivity contribution in [1.29, 1.82) is 0 Å². The molecular weight excluding hydrogens is 352 g/mol. The number of primary amides is 1. The van der Waals surface area contributed by atoms with Gasteiger partial charge in [-0.05, 0) is 41.8 Å². The van der Waals surface area contributed by atoms with Gasteiger partial charge in [0.1, 0.15) is 5.75 Å². The second kappa shape index (κ2) is 9.66. The Kier molecular flexibility index (Phi) is 7.27. The number of methoxy groups -OCH3 is 1. The molecule has 0 spiro atoms. The van der Waals surface area contributed by atoms with Crippen LogP contribution in [0, 0.1) is 0 Å². The molecule has 0 aliphatic rings. The number of carbonyl (C=O) groups excluding carboxylic acids is 1.